The molecule has 0 aromatic heterocycles. The number of hydrogen-bond acceptors (Lipinski definition) is 17. The van der Waals surface area contributed by atoms with Crippen LogP contribution >= 0.6 is 0 Å². The van der Waals surface area contributed by atoms with Gasteiger partial charge in [0.15, 0.2) is 18.8 Å². The summed E-state index contributed by atoms with van der Waals surface area (Å²) >= 11 is 0. The van der Waals surface area contributed by atoms with Crippen LogP contribution in [-0.2, 0) is 76.2 Å². The summed E-state index contributed by atoms with van der Waals surface area (Å²) < 4.78 is 48.9. The van der Waals surface area contributed by atoms with Crippen LogP contribution in [0.3, 0.4) is 0 Å². The number of azide groups is 1. The van der Waals surface area contributed by atoms with E-state index in [2.05, 4.69) is 26.6 Å². The van der Waals surface area contributed by atoms with Gasteiger partial charge >= 0.3 is 35.6 Å². The summed E-state index contributed by atoms with van der Waals surface area (Å²) in [6, 6.07) is -3.36. The second-order valence-electron chi connectivity index (χ2n) is 10.4. The standard InChI is InChI=1S/C30H43N5O16/c1-8-10-44-11-12-45-13-14-47-30(29(42)43-7)28(50-20(6)39)25(33-22(40)9-2)24(34-23(41)16-46-17(3)36)27(51-30)26(49-19(5)38)21(15-32-35-31)48-18(4)37/h1,21,24-28H,9-16H2,2-7H3,(H,33,40)(H,34,41)/t21-,24-,25-,26-,27-,28+,30-/m1/s1. The maximum Gasteiger partial charge on any atom is 0.370 e. The Labute approximate surface area is 293 Å². The van der Waals surface area contributed by atoms with E-state index in [4.69, 9.17) is 54.6 Å². The fourth-order valence-corrected chi connectivity index (χ4v) is 4.76. The zero-order valence-electron chi connectivity index (χ0n) is 29.1. The number of nitrogens with one attached hydrogen (secondary N) is 2. The molecular weight excluding hydrogens is 686 g/mol. The third-order valence-electron chi connectivity index (χ3n) is 6.63. The van der Waals surface area contributed by atoms with Crippen molar-refractivity contribution in [2.75, 3.05) is 53.3 Å². The van der Waals surface area contributed by atoms with E-state index in [0.29, 0.717) is 0 Å². The van der Waals surface area contributed by atoms with Crippen molar-refractivity contribution in [3.05, 3.63) is 10.4 Å². The Kier molecular flexibility index (Phi) is 19.6. The number of nitrogens with zero attached hydrogens (tertiary/aromatic N) is 3. The van der Waals surface area contributed by atoms with Gasteiger partial charge in [-0.05, 0) is 5.53 Å². The lowest BCUT2D eigenvalue weighted by Crippen LogP contribution is -2.78. The maximum atomic E-state index is 13.8. The molecule has 284 valence electrons. The number of amides is 2. The molecular formula is C30H43N5O16. The highest BCUT2D eigenvalue weighted by atomic mass is 16.8. The van der Waals surface area contributed by atoms with Gasteiger partial charge in [0.1, 0.15) is 18.8 Å². The predicted molar refractivity (Wildman–Crippen MR) is 168 cm³/mol. The van der Waals surface area contributed by atoms with Crippen LogP contribution in [0.25, 0.3) is 10.4 Å². The number of methoxy groups -OCH3 is 1. The molecule has 1 aliphatic rings. The number of carbonyl (C=O) groups excluding carboxylic acids is 7. The molecule has 21 heteroatoms. The first-order chi connectivity index (χ1) is 24.2. The van der Waals surface area contributed by atoms with Gasteiger partial charge in [0, 0.05) is 39.0 Å². The average Bonchev–Trinajstić information content (AvgIpc) is 3.07. The van der Waals surface area contributed by atoms with Gasteiger partial charge in [-0.2, -0.15) is 0 Å². The summed E-state index contributed by atoms with van der Waals surface area (Å²) in [6.45, 7) is 3.37. The molecule has 1 aliphatic heterocycles. The van der Waals surface area contributed by atoms with E-state index >= 15 is 0 Å². The second-order valence-corrected chi connectivity index (χ2v) is 10.4. The third kappa shape index (κ3) is 14.4. The monoisotopic (exact) mass is 729 g/mol. The van der Waals surface area contributed by atoms with Gasteiger partial charge in [-0.1, -0.05) is 18.0 Å². The minimum absolute atomic E-state index is 0.0333. The molecule has 1 heterocycles. The number of esters is 5. The normalized spacial score (nSPS) is 22.0. The van der Waals surface area contributed by atoms with Crippen molar-refractivity contribution in [1.82, 2.24) is 10.6 Å². The summed E-state index contributed by atoms with van der Waals surface area (Å²) in [7, 11) is 0.940. The van der Waals surface area contributed by atoms with Gasteiger partial charge in [-0.3, -0.25) is 28.8 Å². The van der Waals surface area contributed by atoms with Crippen molar-refractivity contribution in [2.24, 2.45) is 5.11 Å². The minimum atomic E-state index is -2.82. The molecule has 1 saturated heterocycles. The molecule has 0 aliphatic carbocycles. The number of carbonyl (C=O) groups is 7. The first-order valence-electron chi connectivity index (χ1n) is 15.4. The summed E-state index contributed by atoms with van der Waals surface area (Å²) in [5, 5.41) is 8.46. The summed E-state index contributed by atoms with van der Waals surface area (Å²) in [5.41, 5.74) is 9.05. The molecule has 0 saturated carbocycles. The lowest BCUT2D eigenvalue weighted by Gasteiger charge is -2.52. The number of rotatable bonds is 21. The SMILES string of the molecule is C#CCOCCOCCO[C@@]1(C(=O)OC)O[C@@H]([C@H](OC(C)=O)[C@@H](CN=[N+]=[N-])OC(C)=O)[C@H](NC(=O)COC(C)=O)[C@@H](NC(=O)CC)[C@@H]1OC(C)=O. The number of terminal acetylenes is 1. The van der Waals surface area contributed by atoms with E-state index < -0.39 is 104 Å². The Hall–Kier alpha value is -5.00. The fourth-order valence-electron chi connectivity index (χ4n) is 4.76. The van der Waals surface area contributed by atoms with Crippen LogP contribution in [0.4, 0.5) is 0 Å². The highest BCUT2D eigenvalue weighted by molar-refractivity contribution is 5.83. The van der Waals surface area contributed by atoms with Crippen molar-refractivity contribution < 1.29 is 76.2 Å². The highest BCUT2D eigenvalue weighted by Crippen LogP contribution is 2.38. The zero-order valence-corrected chi connectivity index (χ0v) is 29.1. The van der Waals surface area contributed by atoms with Crippen molar-refractivity contribution in [2.45, 2.75) is 83.3 Å². The average molecular weight is 730 g/mol. The van der Waals surface area contributed by atoms with Crippen LogP contribution in [0.1, 0.15) is 41.0 Å². The molecule has 0 bridgehead atoms. The molecule has 1 rings (SSSR count). The molecule has 0 aromatic carbocycles. The van der Waals surface area contributed by atoms with Gasteiger partial charge in [0.2, 0.25) is 5.91 Å². The highest BCUT2D eigenvalue weighted by Gasteiger charge is 2.66. The molecule has 0 radical (unpaired) electrons. The van der Waals surface area contributed by atoms with Crippen LogP contribution in [-0.4, -0.2) is 137 Å². The third-order valence-corrected chi connectivity index (χ3v) is 6.63. The van der Waals surface area contributed by atoms with Crippen molar-refractivity contribution >= 4 is 41.7 Å². The molecule has 21 nitrogen and oxygen atoms in total. The van der Waals surface area contributed by atoms with Gasteiger partial charge in [0.25, 0.3) is 5.91 Å². The van der Waals surface area contributed by atoms with Crippen molar-refractivity contribution in [3.63, 3.8) is 0 Å². The Balaban J connectivity index is 4.06. The van der Waals surface area contributed by atoms with Crippen LogP contribution in [0.2, 0.25) is 0 Å². The topological polar surface area (TPSA) is 275 Å². The quantitative estimate of drug-likeness (QED) is 0.0272. The van der Waals surface area contributed by atoms with Gasteiger partial charge in [0.05, 0.1) is 52.2 Å². The van der Waals surface area contributed by atoms with E-state index in [9.17, 15) is 33.6 Å². The Morgan fingerprint density at radius 1 is 0.902 bits per heavy atom. The van der Waals surface area contributed by atoms with Crippen molar-refractivity contribution in [3.8, 4) is 12.3 Å². The second kappa shape index (κ2) is 22.7. The smallest absolute Gasteiger partial charge is 0.370 e. The largest absolute Gasteiger partial charge is 0.465 e. The molecule has 2 N–H and O–H groups in total. The van der Waals surface area contributed by atoms with Crippen LogP contribution < -0.4 is 10.6 Å². The number of ether oxygens (including phenoxy) is 9. The molecule has 1 fully saturated rings. The lowest BCUT2D eigenvalue weighted by molar-refractivity contribution is -0.337. The van der Waals surface area contributed by atoms with Crippen molar-refractivity contribution in [1.29, 1.82) is 0 Å². The molecule has 0 spiro atoms. The zero-order chi connectivity index (χ0) is 38.6. The lowest BCUT2D eigenvalue weighted by atomic mass is 9.83. The predicted octanol–water partition coefficient (Wildman–Crippen LogP) is -1.01. The van der Waals surface area contributed by atoms with Crippen LogP contribution in [0, 0.1) is 12.3 Å². The Bertz CT molecular complexity index is 1330. The maximum absolute atomic E-state index is 13.8. The summed E-state index contributed by atoms with van der Waals surface area (Å²) in [4.78, 5) is 91.3. The Morgan fingerprint density at radius 2 is 1.53 bits per heavy atom. The van der Waals surface area contributed by atoms with E-state index in [1.165, 1.54) is 6.92 Å². The van der Waals surface area contributed by atoms with Gasteiger partial charge < -0.3 is 53.3 Å². The summed E-state index contributed by atoms with van der Waals surface area (Å²) in [5.74, 6) is -7.38. The minimum Gasteiger partial charge on any atom is -0.465 e. The summed E-state index contributed by atoms with van der Waals surface area (Å²) in [6.07, 6.45) is -2.40. The van der Waals surface area contributed by atoms with E-state index in [1.807, 2.05) is 0 Å². The molecule has 7 atom stereocenters. The molecule has 0 aromatic rings. The Morgan fingerprint density at radius 3 is 2.08 bits per heavy atom. The van der Waals surface area contributed by atoms with E-state index in [0.717, 1.165) is 34.8 Å². The first-order valence-corrected chi connectivity index (χ1v) is 15.4. The van der Waals surface area contributed by atoms with Crippen LogP contribution in [0.15, 0.2) is 5.11 Å². The first kappa shape index (κ1) is 44.0. The number of hydrogen-bond donors (Lipinski definition) is 2. The van der Waals surface area contributed by atoms with Crippen LogP contribution in [0.5, 0.6) is 0 Å². The van der Waals surface area contributed by atoms with E-state index in [1.54, 1.807) is 0 Å². The molecule has 2 amide bonds. The van der Waals surface area contributed by atoms with Gasteiger partial charge in [-0.25, -0.2) is 4.79 Å². The molecule has 51 heavy (non-hydrogen) atoms. The fraction of sp³-hybridized carbons (Fsp3) is 0.700. The van der Waals surface area contributed by atoms with Gasteiger partial charge in [-0.15, -0.1) is 6.42 Å². The molecule has 0 unspecified atom stereocenters. The van der Waals surface area contributed by atoms with E-state index in [-0.39, 0.29) is 32.8 Å².